The van der Waals surface area contributed by atoms with Crippen molar-refractivity contribution in [2.75, 3.05) is 0 Å². The van der Waals surface area contributed by atoms with Crippen molar-refractivity contribution < 1.29 is 4.79 Å². The highest BCUT2D eigenvalue weighted by Gasteiger charge is 2.25. The molecule has 2 aromatic carbocycles. The van der Waals surface area contributed by atoms with Crippen LogP contribution >= 0.6 is 0 Å². The summed E-state index contributed by atoms with van der Waals surface area (Å²) in [6.07, 6.45) is 6.89. The van der Waals surface area contributed by atoms with Gasteiger partial charge in [-0.05, 0) is 54.3 Å². The van der Waals surface area contributed by atoms with Crippen LogP contribution in [0.15, 0.2) is 73.1 Å². The minimum Gasteiger partial charge on any atom is -0.294 e. The largest absolute Gasteiger partial charge is 0.294 e. The Bertz CT molecular complexity index is 1210. The number of carbonyl (C=O) groups excluding carboxylic acids is 1. The quantitative estimate of drug-likeness (QED) is 0.402. The first kappa shape index (κ1) is 17.7. The van der Waals surface area contributed by atoms with E-state index >= 15 is 0 Å². The Morgan fingerprint density at radius 1 is 1.00 bits per heavy atom. The van der Waals surface area contributed by atoms with Gasteiger partial charge in [0.1, 0.15) is 0 Å². The zero-order chi connectivity index (χ0) is 19.8. The summed E-state index contributed by atoms with van der Waals surface area (Å²) in [6.45, 7) is 1.63. The highest BCUT2D eigenvalue weighted by molar-refractivity contribution is 5.96. The van der Waals surface area contributed by atoms with E-state index in [0.717, 1.165) is 38.9 Å². The SMILES string of the molecule is CC(=O)c1cc(C2CC2)cnc1Cc1ccc2c(-c3ccccc3)nccc2c1. The highest BCUT2D eigenvalue weighted by Crippen LogP contribution is 2.40. The molecule has 0 amide bonds. The molecular weight excluding hydrogens is 356 g/mol. The lowest BCUT2D eigenvalue weighted by Gasteiger charge is -2.11. The fraction of sp³-hybridized carbons (Fsp3) is 0.192. The van der Waals surface area contributed by atoms with Crippen LogP contribution in [0, 0.1) is 0 Å². The summed E-state index contributed by atoms with van der Waals surface area (Å²) >= 11 is 0. The predicted molar refractivity (Wildman–Crippen MR) is 116 cm³/mol. The van der Waals surface area contributed by atoms with E-state index in [2.05, 4.69) is 46.4 Å². The highest BCUT2D eigenvalue weighted by atomic mass is 16.1. The molecule has 3 nitrogen and oxygen atoms in total. The van der Waals surface area contributed by atoms with E-state index in [1.54, 1.807) is 6.92 Å². The minimum atomic E-state index is 0.0892. The van der Waals surface area contributed by atoms with E-state index in [9.17, 15) is 4.79 Å². The molecule has 0 spiro atoms. The van der Waals surface area contributed by atoms with Gasteiger partial charge in [-0.3, -0.25) is 14.8 Å². The van der Waals surface area contributed by atoms with Crippen LogP contribution in [-0.4, -0.2) is 15.8 Å². The molecule has 1 saturated carbocycles. The first-order valence-electron chi connectivity index (χ1n) is 10.1. The Morgan fingerprint density at radius 2 is 1.83 bits per heavy atom. The van der Waals surface area contributed by atoms with E-state index in [1.165, 1.54) is 18.4 Å². The average Bonchev–Trinajstić information content (AvgIpc) is 3.59. The molecule has 1 aliphatic rings. The van der Waals surface area contributed by atoms with Crippen molar-refractivity contribution in [2.45, 2.75) is 32.1 Å². The molecule has 4 aromatic rings. The van der Waals surface area contributed by atoms with Crippen molar-refractivity contribution in [3.8, 4) is 11.3 Å². The Kier molecular flexibility index (Phi) is 4.44. The standard InChI is InChI=1S/C26H22N2O/c1-17(29)24-15-22(19-8-9-19)16-28-25(24)14-18-7-10-23-21(13-18)11-12-27-26(23)20-5-3-2-4-6-20/h2-7,10-13,15-16,19H,8-9,14H2,1H3. The average molecular weight is 378 g/mol. The summed E-state index contributed by atoms with van der Waals surface area (Å²) in [5.74, 6) is 0.686. The third-order valence-electron chi connectivity index (χ3n) is 5.67. The zero-order valence-corrected chi connectivity index (χ0v) is 16.4. The van der Waals surface area contributed by atoms with Gasteiger partial charge in [0, 0.05) is 35.3 Å². The topological polar surface area (TPSA) is 42.9 Å². The number of aromatic nitrogens is 2. The maximum Gasteiger partial charge on any atom is 0.161 e. The molecule has 0 N–H and O–H groups in total. The van der Waals surface area contributed by atoms with Crippen molar-refractivity contribution in [3.05, 3.63) is 95.4 Å². The zero-order valence-electron chi connectivity index (χ0n) is 16.4. The van der Waals surface area contributed by atoms with Gasteiger partial charge in [-0.15, -0.1) is 0 Å². The third-order valence-corrected chi connectivity index (χ3v) is 5.67. The molecular formula is C26H22N2O. The second-order valence-electron chi connectivity index (χ2n) is 7.85. The number of fused-ring (bicyclic) bond motifs is 1. The molecule has 3 heteroatoms. The fourth-order valence-electron chi connectivity index (χ4n) is 3.95. The molecule has 0 aliphatic heterocycles. The number of carbonyl (C=O) groups is 1. The van der Waals surface area contributed by atoms with Crippen molar-refractivity contribution in [2.24, 2.45) is 0 Å². The molecule has 1 fully saturated rings. The minimum absolute atomic E-state index is 0.0892. The van der Waals surface area contributed by atoms with Gasteiger partial charge in [0.15, 0.2) is 5.78 Å². The second kappa shape index (κ2) is 7.25. The number of nitrogens with zero attached hydrogens (tertiary/aromatic N) is 2. The van der Waals surface area contributed by atoms with Crippen LogP contribution in [0.25, 0.3) is 22.0 Å². The Balaban J connectivity index is 1.51. The summed E-state index contributed by atoms with van der Waals surface area (Å²) in [6, 6.07) is 20.8. The van der Waals surface area contributed by atoms with Crippen LogP contribution in [0.3, 0.4) is 0 Å². The molecule has 142 valence electrons. The third kappa shape index (κ3) is 3.56. The van der Waals surface area contributed by atoms with Gasteiger partial charge in [0.25, 0.3) is 0 Å². The lowest BCUT2D eigenvalue weighted by atomic mass is 9.97. The number of Topliss-reactive ketones (excluding diaryl/α,β-unsaturated/α-hetero) is 1. The van der Waals surface area contributed by atoms with Gasteiger partial charge >= 0.3 is 0 Å². The smallest absolute Gasteiger partial charge is 0.161 e. The van der Waals surface area contributed by atoms with Gasteiger partial charge in [0.2, 0.25) is 0 Å². The molecule has 0 atom stereocenters. The van der Waals surface area contributed by atoms with Crippen LogP contribution in [-0.2, 0) is 6.42 Å². The summed E-state index contributed by atoms with van der Waals surface area (Å²) in [5, 5.41) is 2.28. The second-order valence-corrected chi connectivity index (χ2v) is 7.85. The number of pyridine rings is 2. The van der Waals surface area contributed by atoms with E-state index in [0.29, 0.717) is 12.3 Å². The number of rotatable bonds is 5. The summed E-state index contributed by atoms with van der Waals surface area (Å²) in [4.78, 5) is 21.5. The number of hydrogen-bond donors (Lipinski definition) is 0. The Labute approximate surface area is 170 Å². The maximum absolute atomic E-state index is 12.2. The van der Waals surface area contributed by atoms with Crippen molar-refractivity contribution in [1.82, 2.24) is 9.97 Å². The van der Waals surface area contributed by atoms with Gasteiger partial charge < -0.3 is 0 Å². The maximum atomic E-state index is 12.2. The molecule has 0 unspecified atom stereocenters. The van der Waals surface area contributed by atoms with Crippen molar-refractivity contribution >= 4 is 16.6 Å². The molecule has 1 aliphatic carbocycles. The van der Waals surface area contributed by atoms with Crippen molar-refractivity contribution in [1.29, 1.82) is 0 Å². The van der Waals surface area contributed by atoms with Gasteiger partial charge in [-0.25, -0.2) is 0 Å². The van der Waals surface area contributed by atoms with Gasteiger partial charge in [-0.1, -0.05) is 48.5 Å². The van der Waals surface area contributed by atoms with Crippen LogP contribution in [0.5, 0.6) is 0 Å². The van der Waals surface area contributed by atoms with E-state index < -0.39 is 0 Å². The lowest BCUT2D eigenvalue weighted by Crippen LogP contribution is -2.05. The first-order valence-corrected chi connectivity index (χ1v) is 10.1. The summed E-state index contributed by atoms with van der Waals surface area (Å²) < 4.78 is 0. The van der Waals surface area contributed by atoms with Crippen LogP contribution in [0.1, 0.15) is 52.9 Å². The summed E-state index contributed by atoms with van der Waals surface area (Å²) in [5.41, 5.74) is 6.08. The molecule has 0 bridgehead atoms. The monoisotopic (exact) mass is 378 g/mol. The normalized spacial score (nSPS) is 13.6. The molecule has 0 radical (unpaired) electrons. The number of hydrogen-bond acceptors (Lipinski definition) is 3. The van der Waals surface area contributed by atoms with E-state index in [1.807, 2.05) is 36.7 Å². The van der Waals surface area contributed by atoms with Crippen molar-refractivity contribution in [3.63, 3.8) is 0 Å². The Morgan fingerprint density at radius 3 is 2.59 bits per heavy atom. The molecule has 2 aromatic heterocycles. The number of ketones is 1. The van der Waals surface area contributed by atoms with Crippen LogP contribution in [0.4, 0.5) is 0 Å². The fourth-order valence-corrected chi connectivity index (χ4v) is 3.95. The Hall–Kier alpha value is -3.33. The molecule has 2 heterocycles. The number of benzene rings is 2. The lowest BCUT2D eigenvalue weighted by molar-refractivity contribution is 0.101. The molecule has 29 heavy (non-hydrogen) atoms. The summed E-state index contributed by atoms with van der Waals surface area (Å²) in [7, 11) is 0. The first-order chi connectivity index (χ1) is 14.2. The van der Waals surface area contributed by atoms with Crippen LogP contribution in [0.2, 0.25) is 0 Å². The van der Waals surface area contributed by atoms with Crippen LogP contribution < -0.4 is 0 Å². The molecule has 0 saturated heterocycles. The van der Waals surface area contributed by atoms with E-state index in [4.69, 9.17) is 0 Å². The van der Waals surface area contributed by atoms with Gasteiger partial charge in [0.05, 0.1) is 11.4 Å². The molecule has 5 rings (SSSR count). The van der Waals surface area contributed by atoms with Gasteiger partial charge in [-0.2, -0.15) is 0 Å². The predicted octanol–water partition coefficient (Wildman–Crippen LogP) is 5.97. The van der Waals surface area contributed by atoms with E-state index in [-0.39, 0.29) is 5.78 Å².